The Morgan fingerprint density at radius 1 is 1.24 bits per heavy atom. The summed E-state index contributed by atoms with van der Waals surface area (Å²) in [6.07, 6.45) is 0.459. The number of aromatic nitrogens is 1. The molecule has 1 aromatic carbocycles. The highest BCUT2D eigenvalue weighted by Crippen LogP contribution is 2.14. The van der Waals surface area contributed by atoms with Crippen molar-refractivity contribution in [2.75, 3.05) is 38.0 Å². The van der Waals surface area contributed by atoms with Gasteiger partial charge < -0.3 is 14.7 Å². The molecule has 0 saturated carbocycles. The van der Waals surface area contributed by atoms with E-state index in [1.807, 2.05) is 18.2 Å². The first-order valence-corrected chi connectivity index (χ1v) is 8.88. The SMILES string of the molecule is Cc1cc(NC(=O)CCN2CCN(Cc3cccc(Cl)c3)CC2)no1. The monoisotopic (exact) mass is 362 g/mol. The van der Waals surface area contributed by atoms with Crippen molar-refractivity contribution in [3.8, 4) is 0 Å². The second-order valence-electron chi connectivity index (χ2n) is 6.37. The highest BCUT2D eigenvalue weighted by Gasteiger charge is 2.18. The van der Waals surface area contributed by atoms with Gasteiger partial charge in [-0.05, 0) is 24.6 Å². The molecule has 1 aliphatic rings. The molecule has 1 aromatic heterocycles. The third-order valence-corrected chi connectivity index (χ3v) is 4.55. The summed E-state index contributed by atoms with van der Waals surface area (Å²) in [5.41, 5.74) is 1.24. The summed E-state index contributed by atoms with van der Waals surface area (Å²) in [6.45, 7) is 7.40. The van der Waals surface area contributed by atoms with Crippen molar-refractivity contribution in [1.82, 2.24) is 15.0 Å². The molecule has 2 aromatic rings. The Morgan fingerprint density at radius 2 is 2.00 bits per heavy atom. The van der Waals surface area contributed by atoms with Gasteiger partial charge in [0, 0.05) is 56.8 Å². The van der Waals surface area contributed by atoms with E-state index in [-0.39, 0.29) is 5.91 Å². The van der Waals surface area contributed by atoms with E-state index < -0.39 is 0 Å². The van der Waals surface area contributed by atoms with Gasteiger partial charge in [-0.15, -0.1) is 0 Å². The Morgan fingerprint density at radius 3 is 2.68 bits per heavy atom. The van der Waals surface area contributed by atoms with Crippen LogP contribution in [0.15, 0.2) is 34.9 Å². The average molecular weight is 363 g/mol. The molecule has 0 spiro atoms. The molecule has 1 amide bonds. The van der Waals surface area contributed by atoms with Crippen LogP contribution in [-0.4, -0.2) is 53.6 Å². The van der Waals surface area contributed by atoms with Gasteiger partial charge >= 0.3 is 0 Å². The predicted molar refractivity (Wildman–Crippen MR) is 97.7 cm³/mol. The summed E-state index contributed by atoms with van der Waals surface area (Å²) in [4.78, 5) is 16.7. The van der Waals surface area contributed by atoms with Crippen LogP contribution in [0.5, 0.6) is 0 Å². The summed E-state index contributed by atoms with van der Waals surface area (Å²) in [7, 11) is 0. The largest absolute Gasteiger partial charge is 0.360 e. The highest BCUT2D eigenvalue weighted by atomic mass is 35.5. The molecular weight excluding hydrogens is 340 g/mol. The summed E-state index contributed by atoms with van der Waals surface area (Å²) >= 11 is 6.04. The maximum absolute atomic E-state index is 12.0. The summed E-state index contributed by atoms with van der Waals surface area (Å²) in [6, 6.07) is 9.72. The first-order valence-electron chi connectivity index (χ1n) is 8.51. The molecule has 0 aliphatic carbocycles. The van der Waals surface area contributed by atoms with Gasteiger partial charge in [-0.25, -0.2) is 0 Å². The Kier molecular flexibility index (Phi) is 6.07. The molecule has 1 aliphatic heterocycles. The Balaban J connectivity index is 1.37. The molecule has 0 radical (unpaired) electrons. The number of piperazine rings is 1. The zero-order valence-electron chi connectivity index (χ0n) is 14.4. The molecule has 0 bridgehead atoms. The molecule has 7 heteroatoms. The van der Waals surface area contributed by atoms with E-state index in [9.17, 15) is 4.79 Å². The molecule has 1 fully saturated rings. The molecule has 3 rings (SSSR count). The van der Waals surface area contributed by atoms with Gasteiger partial charge in [0.2, 0.25) is 5.91 Å². The average Bonchev–Trinajstić information content (AvgIpc) is 2.99. The van der Waals surface area contributed by atoms with Crippen molar-refractivity contribution >= 4 is 23.3 Å². The molecule has 0 atom stereocenters. The number of amides is 1. The molecule has 0 unspecified atom stereocenters. The molecule has 6 nitrogen and oxygen atoms in total. The lowest BCUT2D eigenvalue weighted by molar-refractivity contribution is -0.116. The van der Waals surface area contributed by atoms with E-state index in [0.717, 1.165) is 44.3 Å². The van der Waals surface area contributed by atoms with E-state index >= 15 is 0 Å². The highest BCUT2D eigenvalue weighted by molar-refractivity contribution is 6.30. The van der Waals surface area contributed by atoms with Crippen molar-refractivity contribution < 1.29 is 9.32 Å². The Bertz CT molecular complexity index is 711. The van der Waals surface area contributed by atoms with Gasteiger partial charge in [-0.2, -0.15) is 0 Å². The first-order chi connectivity index (χ1) is 12.1. The van der Waals surface area contributed by atoms with Crippen LogP contribution in [-0.2, 0) is 11.3 Å². The second kappa shape index (κ2) is 8.47. The number of carbonyl (C=O) groups excluding carboxylic acids is 1. The standard InChI is InChI=1S/C18H23ClN4O2/c1-14-11-17(21-25-14)20-18(24)5-6-22-7-9-23(10-8-22)13-15-3-2-4-16(19)12-15/h2-4,11-12H,5-10,13H2,1H3,(H,20,21,24). The van der Waals surface area contributed by atoms with Crippen LogP contribution in [0, 0.1) is 6.92 Å². The van der Waals surface area contributed by atoms with Gasteiger partial charge in [0.05, 0.1) is 0 Å². The number of nitrogens with one attached hydrogen (secondary N) is 1. The van der Waals surface area contributed by atoms with E-state index in [0.29, 0.717) is 18.0 Å². The zero-order valence-corrected chi connectivity index (χ0v) is 15.1. The normalized spacial score (nSPS) is 16.1. The van der Waals surface area contributed by atoms with Crippen molar-refractivity contribution in [3.05, 3.63) is 46.7 Å². The maximum Gasteiger partial charge on any atom is 0.226 e. The minimum Gasteiger partial charge on any atom is -0.360 e. The van der Waals surface area contributed by atoms with E-state index in [2.05, 4.69) is 26.3 Å². The molecule has 2 heterocycles. The number of hydrogen-bond acceptors (Lipinski definition) is 5. The van der Waals surface area contributed by atoms with E-state index in [1.165, 1.54) is 5.56 Å². The number of benzene rings is 1. The molecular formula is C18H23ClN4O2. The number of hydrogen-bond donors (Lipinski definition) is 1. The lowest BCUT2D eigenvalue weighted by atomic mass is 10.2. The van der Waals surface area contributed by atoms with Crippen LogP contribution in [0.2, 0.25) is 5.02 Å². The van der Waals surface area contributed by atoms with Gasteiger partial charge in [-0.3, -0.25) is 9.69 Å². The minimum absolute atomic E-state index is 0.0327. The minimum atomic E-state index is -0.0327. The van der Waals surface area contributed by atoms with Crippen LogP contribution in [0.3, 0.4) is 0 Å². The number of halogens is 1. The van der Waals surface area contributed by atoms with Crippen molar-refractivity contribution in [2.24, 2.45) is 0 Å². The number of carbonyl (C=O) groups is 1. The number of aryl methyl sites for hydroxylation is 1. The van der Waals surface area contributed by atoms with Crippen LogP contribution < -0.4 is 5.32 Å². The summed E-state index contributed by atoms with van der Waals surface area (Å²) in [5, 5.41) is 7.31. The maximum atomic E-state index is 12.0. The third-order valence-electron chi connectivity index (χ3n) is 4.31. The summed E-state index contributed by atoms with van der Waals surface area (Å²) < 4.78 is 4.94. The van der Waals surface area contributed by atoms with Crippen LogP contribution in [0.4, 0.5) is 5.82 Å². The fourth-order valence-corrected chi connectivity index (χ4v) is 3.17. The molecule has 25 heavy (non-hydrogen) atoms. The first kappa shape index (κ1) is 17.9. The van der Waals surface area contributed by atoms with Gasteiger partial charge in [0.15, 0.2) is 5.82 Å². The van der Waals surface area contributed by atoms with Gasteiger partial charge in [0.25, 0.3) is 0 Å². The zero-order chi connectivity index (χ0) is 17.6. The van der Waals surface area contributed by atoms with E-state index in [1.54, 1.807) is 13.0 Å². The Labute approximate surface area is 152 Å². The smallest absolute Gasteiger partial charge is 0.226 e. The third kappa shape index (κ3) is 5.56. The van der Waals surface area contributed by atoms with Crippen molar-refractivity contribution in [3.63, 3.8) is 0 Å². The van der Waals surface area contributed by atoms with Crippen LogP contribution in [0.1, 0.15) is 17.7 Å². The van der Waals surface area contributed by atoms with Crippen LogP contribution >= 0.6 is 11.6 Å². The predicted octanol–water partition coefficient (Wildman–Crippen LogP) is 2.78. The summed E-state index contributed by atoms with van der Waals surface area (Å²) in [5.74, 6) is 1.13. The fourth-order valence-electron chi connectivity index (χ4n) is 2.95. The van der Waals surface area contributed by atoms with E-state index in [4.69, 9.17) is 16.1 Å². The molecule has 1 saturated heterocycles. The van der Waals surface area contributed by atoms with Crippen molar-refractivity contribution in [2.45, 2.75) is 19.9 Å². The number of rotatable bonds is 6. The molecule has 1 N–H and O–H groups in total. The quantitative estimate of drug-likeness (QED) is 0.856. The van der Waals surface area contributed by atoms with Crippen LogP contribution in [0.25, 0.3) is 0 Å². The number of nitrogens with zero attached hydrogens (tertiary/aromatic N) is 3. The topological polar surface area (TPSA) is 61.6 Å². The van der Waals surface area contributed by atoms with Crippen molar-refractivity contribution in [1.29, 1.82) is 0 Å². The fraction of sp³-hybridized carbons (Fsp3) is 0.444. The van der Waals surface area contributed by atoms with Gasteiger partial charge in [0.1, 0.15) is 5.76 Å². The Hall–Kier alpha value is -1.89. The second-order valence-corrected chi connectivity index (χ2v) is 6.81. The molecule has 134 valence electrons. The number of anilines is 1. The lowest BCUT2D eigenvalue weighted by Crippen LogP contribution is -2.46. The van der Waals surface area contributed by atoms with Gasteiger partial charge in [-0.1, -0.05) is 28.9 Å². The lowest BCUT2D eigenvalue weighted by Gasteiger charge is -2.34.